The van der Waals surface area contributed by atoms with Gasteiger partial charge in [-0.25, -0.2) is 5.43 Å². The highest BCUT2D eigenvalue weighted by molar-refractivity contribution is 6.30. The number of rotatable bonds is 6. The molecule has 0 aliphatic carbocycles. The number of benzene rings is 3. The molecule has 0 saturated carbocycles. The van der Waals surface area contributed by atoms with Gasteiger partial charge in [0.1, 0.15) is 5.75 Å². The van der Waals surface area contributed by atoms with Crippen LogP contribution in [-0.4, -0.2) is 18.2 Å². The standard InChI is InChI=1S/C22H19ClN2O2/c1-16(17-7-11-20(23)12-8-17)24-25-22(26)15-27-21-13-9-19(10-14-21)18-5-3-2-4-6-18/h2-14H,15H2,1H3,(H,25,26)/b24-16+. The second-order valence-electron chi connectivity index (χ2n) is 5.92. The van der Waals surface area contributed by atoms with Crippen molar-refractivity contribution in [1.29, 1.82) is 0 Å². The number of hydrazone groups is 1. The summed E-state index contributed by atoms with van der Waals surface area (Å²) in [5, 5.41) is 4.74. The molecule has 0 spiro atoms. The molecule has 1 N–H and O–H groups in total. The average Bonchev–Trinajstić information content (AvgIpc) is 2.72. The summed E-state index contributed by atoms with van der Waals surface area (Å²) >= 11 is 5.86. The van der Waals surface area contributed by atoms with Crippen LogP contribution in [-0.2, 0) is 4.79 Å². The molecule has 3 aromatic rings. The van der Waals surface area contributed by atoms with Crippen LogP contribution in [0.2, 0.25) is 5.02 Å². The summed E-state index contributed by atoms with van der Waals surface area (Å²) in [6, 6.07) is 24.9. The lowest BCUT2D eigenvalue weighted by Gasteiger charge is -2.07. The van der Waals surface area contributed by atoms with E-state index in [1.807, 2.05) is 73.7 Å². The Hall–Kier alpha value is -3.11. The minimum absolute atomic E-state index is 0.109. The number of amides is 1. The Morgan fingerprint density at radius 3 is 2.22 bits per heavy atom. The van der Waals surface area contributed by atoms with Crippen molar-refractivity contribution in [3.63, 3.8) is 0 Å². The number of halogens is 1. The molecule has 0 heterocycles. The third-order valence-corrected chi connectivity index (χ3v) is 4.19. The van der Waals surface area contributed by atoms with Crippen LogP contribution < -0.4 is 10.2 Å². The van der Waals surface area contributed by atoms with Crippen LogP contribution in [0.1, 0.15) is 12.5 Å². The maximum Gasteiger partial charge on any atom is 0.277 e. The maximum atomic E-state index is 11.9. The van der Waals surface area contributed by atoms with E-state index in [0.717, 1.165) is 16.7 Å². The van der Waals surface area contributed by atoms with E-state index >= 15 is 0 Å². The third kappa shape index (κ3) is 5.43. The van der Waals surface area contributed by atoms with Gasteiger partial charge in [-0.1, -0.05) is 66.2 Å². The van der Waals surface area contributed by atoms with E-state index in [-0.39, 0.29) is 12.5 Å². The zero-order valence-corrected chi connectivity index (χ0v) is 15.6. The predicted molar refractivity (Wildman–Crippen MR) is 109 cm³/mol. The average molecular weight is 379 g/mol. The van der Waals surface area contributed by atoms with Crippen molar-refractivity contribution in [3.8, 4) is 16.9 Å². The number of hydrogen-bond donors (Lipinski definition) is 1. The van der Waals surface area contributed by atoms with Crippen molar-refractivity contribution >= 4 is 23.2 Å². The Kier molecular flexibility index (Phi) is 6.23. The van der Waals surface area contributed by atoms with Gasteiger partial charge in [0.05, 0.1) is 5.71 Å². The fourth-order valence-corrected chi connectivity index (χ4v) is 2.58. The molecule has 5 heteroatoms. The molecule has 1 amide bonds. The molecule has 0 saturated heterocycles. The molecule has 0 atom stereocenters. The zero-order chi connectivity index (χ0) is 19.1. The molecule has 3 aromatic carbocycles. The van der Waals surface area contributed by atoms with Crippen molar-refractivity contribution in [2.75, 3.05) is 6.61 Å². The van der Waals surface area contributed by atoms with Crippen molar-refractivity contribution in [2.24, 2.45) is 5.10 Å². The van der Waals surface area contributed by atoms with Gasteiger partial charge in [0.15, 0.2) is 6.61 Å². The van der Waals surface area contributed by atoms with E-state index in [9.17, 15) is 4.79 Å². The number of nitrogens with one attached hydrogen (secondary N) is 1. The lowest BCUT2D eigenvalue weighted by Crippen LogP contribution is -2.25. The monoisotopic (exact) mass is 378 g/mol. The number of carbonyl (C=O) groups is 1. The summed E-state index contributed by atoms with van der Waals surface area (Å²) in [5.41, 5.74) is 6.29. The Balaban J connectivity index is 1.51. The van der Waals surface area contributed by atoms with Gasteiger partial charge in [-0.2, -0.15) is 5.10 Å². The second kappa shape index (κ2) is 9.01. The molecule has 0 radical (unpaired) electrons. The van der Waals surface area contributed by atoms with Crippen LogP contribution in [0.5, 0.6) is 5.75 Å². The van der Waals surface area contributed by atoms with E-state index < -0.39 is 0 Å². The number of ether oxygens (including phenoxy) is 1. The van der Waals surface area contributed by atoms with Crippen LogP contribution in [0.4, 0.5) is 0 Å². The first-order valence-electron chi connectivity index (χ1n) is 8.49. The van der Waals surface area contributed by atoms with Crippen molar-refractivity contribution in [2.45, 2.75) is 6.92 Å². The van der Waals surface area contributed by atoms with E-state index in [0.29, 0.717) is 16.5 Å². The summed E-state index contributed by atoms with van der Waals surface area (Å²) in [6.07, 6.45) is 0. The molecule has 4 nitrogen and oxygen atoms in total. The van der Waals surface area contributed by atoms with Gasteiger partial charge in [0, 0.05) is 5.02 Å². The highest BCUT2D eigenvalue weighted by atomic mass is 35.5. The van der Waals surface area contributed by atoms with Gasteiger partial charge in [0.25, 0.3) is 5.91 Å². The smallest absolute Gasteiger partial charge is 0.277 e. The van der Waals surface area contributed by atoms with Crippen molar-refractivity contribution in [1.82, 2.24) is 5.43 Å². The summed E-state index contributed by atoms with van der Waals surface area (Å²) in [6.45, 7) is 1.70. The molecule has 0 aliphatic rings. The number of carbonyl (C=O) groups excluding carboxylic acids is 1. The third-order valence-electron chi connectivity index (χ3n) is 3.94. The van der Waals surface area contributed by atoms with Gasteiger partial charge in [-0.15, -0.1) is 0 Å². The van der Waals surface area contributed by atoms with Crippen molar-refractivity contribution in [3.05, 3.63) is 89.4 Å². The molecule has 0 bridgehead atoms. The molecule has 136 valence electrons. The first kappa shape index (κ1) is 18.7. The highest BCUT2D eigenvalue weighted by Gasteiger charge is 2.04. The maximum absolute atomic E-state index is 11.9. The minimum atomic E-state index is -0.324. The largest absolute Gasteiger partial charge is 0.484 e. The summed E-state index contributed by atoms with van der Waals surface area (Å²) in [5.74, 6) is 0.304. The zero-order valence-electron chi connectivity index (χ0n) is 14.9. The summed E-state index contributed by atoms with van der Waals surface area (Å²) < 4.78 is 5.51. The Labute approximate surface area is 163 Å². The van der Waals surface area contributed by atoms with E-state index in [2.05, 4.69) is 10.5 Å². The van der Waals surface area contributed by atoms with Gasteiger partial charge in [-0.3, -0.25) is 4.79 Å². The Morgan fingerprint density at radius 1 is 0.926 bits per heavy atom. The van der Waals surface area contributed by atoms with E-state index in [4.69, 9.17) is 16.3 Å². The van der Waals surface area contributed by atoms with Gasteiger partial charge >= 0.3 is 0 Å². The molecule has 27 heavy (non-hydrogen) atoms. The SMILES string of the molecule is C/C(=N\NC(=O)COc1ccc(-c2ccccc2)cc1)c1ccc(Cl)cc1. The molecular formula is C22H19ClN2O2. The summed E-state index contributed by atoms with van der Waals surface area (Å²) in [4.78, 5) is 11.9. The molecule has 0 fully saturated rings. The topological polar surface area (TPSA) is 50.7 Å². The number of hydrogen-bond acceptors (Lipinski definition) is 3. The van der Waals surface area contributed by atoms with Crippen LogP contribution in [0, 0.1) is 0 Å². The molecule has 0 aromatic heterocycles. The van der Waals surface area contributed by atoms with Crippen LogP contribution in [0.25, 0.3) is 11.1 Å². The van der Waals surface area contributed by atoms with Crippen LogP contribution in [0.3, 0.4) is 0 Å². The van der Waals surface area contributed by atoms with Crippen LogP contribution in [0.15, 0.2) is 84.0 Å². The predicted octanol–water partition coefficient (Wildman–Crippen LogP) is 4.93. The highest BCUT2D eigenvalue weighted by Crippen LogP contribution is 2.21. The number of nitrogens with zero attached hydrogens (tertiary/aromatic N) is 1. The van der Waals surface area contributed by atoms with E-state index in [1.165, 1.54) is 0 Å². The van der Waals surface area contributed by atoms with Crippen molar-refractivity contribution < 1.29 is 9.53 Å². The lowest BCUT2D eigenvalue weighted by molar-refractivity contribution is -0.123. The Bertz CT molecular complexity index is 921. The fourth-order valence-electron chi connectivity index (χ4n) is 2.46. The Morgan fingerprint density at radius 2 is 1.56 bits per heavy atom. The van der Waals surface area contributed by atoms with Gasteiger partial charge in [-0.05, 0) is 47.9 Å². The first-order chi connectivity index (χ1) is 13.1. The minimum Gasteiger partial charge on any atom is -0.484 e. The lowest BCUT2D eigenvalue weighted by atomic mass is 10.1. The first-order valence-corrected chi connectivity index (χ1v) is 8.87. The molecular weight excluding hydrogens is 360 g/mol. The van der Waals surface area contributed by atoms with Crippen LogP contribution >= 0.6 is 11.6 Å². The fraction of sp³-hybridized carbons (Fsp3) is 0.0909. The molecule has 0 unspecified atom stereocenters. The summed E-state index contributed by atoms with van der Waals surface area (Å²) in [7, 11) is 0. The molecule has 3 rings (SSSR count). The van der Waals surface area contributed by atoms with Gasteiger partial charge < -0.3 is 4.74 Å². The van der Waals surface area contributed by atoms with Gasteiger partial charge in [0.2, 0.25) is 0 Å². The quantitative estimate of drug-likeness (QED) is 0.488. The molecule has 0 aliphatic heterocycles. The normalized spacial score (nSPS) is 11.1. The second-order valence-corrected chi connectivity index (χ2v) is 6.35. The van der Waals surface area contributed by atoms with E-state index in [1.54, 1.807) is 12.1 Å².